The number of benzene rings is 2. The van der Waals surface area contributed by atoms with Gasteiger partial charge in [-0.25, -0.2) is 4.39 Å². The topological polar surface area (TPSA) is 18.5 Å². The number of methoxy groups -OCH3 is 1. The second-order valence-electron chi connectivity index (χ2n) is 4.20. The number of alkyl halides is 3. The van der Waals surface area contributed by atoms with Crippen molar-refractivity contribution in [1.29, 1.82) is 0 Å². The van der Waals surface area contributed by atoms with Gasteiger partial charge in [0.1, 0.15) is 17.3 Å². The van der Waals surface area contributed by atoms with Crippen molar-refractivity contribution in [3.05, 3.63) is 59.4 Å². The number of ether oxygens (including phenoxy) is 2. The van der Waals surface area contributed by atoms with Gasteiger partial charge in [-0.2, -0.15) is 8.78 Å². The second kappa shape index (κ2) is 6.85. The maximum atomic E-state index is 14.0. The van der Waals surface area contributed by atoms with Gasteiger partial charge >= 0.3 is 6.61 Å². The molecular formula is C15H12BrF3O2. The summed E-state index contributed by atoms with van der Waals surface area (Å²) in [4.78, 5) is -0.399. The summed E-state index contributed by atoms with van der Waals surface area (Å²) in [6.45, 7) is -2.87. The molecule has 2 nitrogen and oxygen atoms in total. The Morgan fingerprint density at radius 3 is 2.14 bits per heavy atom. The van der Waals surface area contributed by atoms with Crippen LogP contribution < -0.4 is 9.47 Å². The Labute approximate surface area is 128 Å². The van der Waals surface area contributed by atoms with Crippen molar-refractivity contribution in [2.45, 2.75) is 11.4 Å². The van der Waals surface area contributed by atoms with E-state index >= 15 is 0 Å². The largest absolute Gasteiger partial charge is 0.497 e. The van der Waals surface area contributed by atoms with Crippen molar-refractivity contribution in [3.8, 4) is 11.5 Å². The minimum atomic E-state index is -2.87. The Morgan fingerprint density at radius 2 is 1.62 bits per heavy atom. The van der Waals surface area contributed by atoms with Crippen LogP contribution in [0.15, 0.2) is 42.5 Å². The molecule has 0 saturated heterocycles. The first-order valence-electron chi connectivity index (χ1n) is 6.03. The monoisotopic (exact) mass is 360 g/mol. The summed E-state index contributed by atoms with van der Waals surface area (Å²) < 4.78 is 47.4. The molecule has 0 aliphatic carbocycles. The molecule has 0 N–H and O–H groups in total. The normalized spacial score (nSPS) is 12.3. The number of hydrogen-bond donors (Lipinski definition) is 0. The van der Waals surface area contributed by atoms with Crippen LogP contribution in [0.1, 0.15) is 16.0 Å². The summed E-state index contributed by atoms with van der Waals surface area (Å²) in [5.41, 5.74) is 1.15. The molecule has 0 heterocycles. The predicted octanol–water partition coefficient (Wildman–Crippen LogP) is 4.92. The molecule has 0 aliphatic heterocycles. The summed E-state index contributed by atoms with van der Waals surface area (Å²) in [5, 5.41) is 0. The van der Waals surface area contributed by atoms with Crippen LogP contribution in [0, 0.1) is 5.82 Å². The summed E-state index contributed by atoms with van der Waals surface area (Å²) in [6.07, 6.45) is 0. The fourth-order valence-corrected chi connectivity index (χ4v) is 2.51. The van der Waals surface area contributed by atoms with E-state index < -0.39 is 17.3 Å². The van der Waals surface area contributed by atoms with Crippen molar-refractivity contribution in [1.82, 2.24) is 0 Å². The van der Waals surface area contributed by atoms with E-state index in [1.54, 1.807) is 24.3 Å². The zero-order valence-electron chi connectivity index (χ0n) is 11.0. The minimum absolute atomic E-state index is 0.0589. The molecule has 1 atom stereocenters. The molecule has 112 valence electrons. The molecular weight excluding hydrogens is 349 g/mol. The lowest BCUT2D eigenvalue weighted by Crippen LogP contribution is -2.02. The van der Waals surface area contributed by atoms with E-state index in [1.807, 2.05) is 0 Å². The van der Waals surface area contributed by atoms with Gasteiger partial charge < -0.3 is 9.47 Å². The lowest BCUT2D eigenvalue weighted by atomic mass is 10.0. The van der Waals surface area contributed by atoms with Crippen molar-refractivity contribution in [2.75, 3.05) is 7.11 Å². The maximum Gasteiger partial charge on any atom is 0.387 e. The Kier molecular flexibility index (Phi) is 5.12. The van der Waals surface area contributed by atoms with Crippen LogP contribution in [-0.2, 0) is 0 Å². The van der Waals surface area contributed by atoms with Gasteiger partial charge in [-0.1, -0.05) is 34.1 Å². The molecule has 0 spiro atoms. The van der Waals surface area contributed by atoms with Gasteiger partial charge in [0.05, 0.1) is 11.9 Å². The van der Waals surface area contributed by atoms with Crippen LogP contribution in [0.5, 0.6) is 11.5 Å². The first-order valence-corrected chi connectivity index (χ1v) is 6.95. The quantitative estimate of drug-likeness (QED) is 0.704. The molecule has 0 amide bonds. The second-order valence-corrected chi connectivity index (χ2v) is 5.11. The highest BCUT2D eigenvalue weighted by molar-refractivity contribution is 9.09. The van der Waals surface area contributed by atoms with Gasteiger partial charge in [0.15, 0.2) is 0 Å². The average molecular weight is 361 g/mol. The number of halogens is 4. The smallest absolute Gasteiger partial charge is 0.387 e. The van der Waals surface area contributed by atoms with E-state index in [-0.39, 0.29) is 5.75 Å². The molecule has 2 aromatic carbocycles. The molecule has 6 heteroatoms. The maximum absolute atomic E-state index is 14.0. The Bertz CT molecular complexity index is 602. The first-order chi connectivity index (χ1) is 10.0. The number of hydrogen-bond acceptors (Lipinski definition) is 2. The molecule has 2 aromatic rings. The summed E-state index contributed by atoms with van der Waals surface area (Å²) >= 11 is 3.40. The van der Waals surface area contributed by atoms with Crippen LogP contribution in [0.2, 0.25) is 0 Å². The van der Waals surface area contributed by atoms with Crippen molar-refractivity contribution < 1.29 is 22.6 Å². The van der Waals surface area contributed by atoms with E-state index in [9.17, 15) is 13.2 Å². The van der Waals surface area contributed by atoms with Crippen molar-refractivity contribution in [2.24, 2.45) is 0 Å². The van der Waals surface area contributed by atoms with Crippen molar-refractivity contribution >= 4 is 15.9 Å². The lowest BCUT2D eigenvalue weighted by Gasteiger charge is -2.13. The van der Waals surface area contributed by atoms with Crippen molar-refractivity contribution in [3.63, 3.8) is 0 Å². The molecule has 0 radical (unpaired) electrons. The fourth-order valence-electron chi connectivity index (χ4n) is 1.84. The molecule has 0 saturated carbocycles. The highest BCUT2D eigenvalue weighted by Crippen LogP contribution is 2.34. The minimum Gasteiger partial charge on any atom is -0.497 e. The summed E-state index contributed by atoms with van der Waals surface area (Å²) in [7, 11) is 1.46. The van der Waals surface area contributed by atoms with Gasteiger partial charge in [-0.3, -0.25) is 0 Å². The molecule has 0 aliphatic rings. The van der Waals surface area contributed by atoms with E-state index in [4.69, 9.17) is 4.74 Å². The Balaban J connectivity index is 2.21. The standard InChI is InChI=1S/C15H12BrF3O2/c1-20-11-6-7-12(13(17)8-11)14(16)9-2-4-10(5-3-9)21-15(18)19/h2-8,14-15H,1H3. The lowest BCUT2D eigenvalue weighted by molar-refractivity contribution is -0.0498. The summed E-state index contributed by atoms with van der Waals surface area (Å²) in [6, 6.07) is 10.6. The third-order valence-electron chi connectivity index (χ3n) is 2.88. The van der Waals surface area contributed by atoms with Crippen LogP contribution in [-0.4, -0.2) is 13.7 Å². The van der Waals surface area contributed by atoms with Gasteiger partial charge in [0.25, 0.3) is 0 Å². The van der Waals surface area contributed by atoms with Gasteiger partial charge in [-0.15, -0.1) is 0 Å². The molecule has 0 fully saturated rings. The third kappa shape index (κ3) is 3.91. The Morgan fingerprint density at radius 1 is 1.00 bits per heavy atom. The van der Waals surface area contributed by atoms with Crippen LogP contribution in [0.25, 0.3) is 0 Å². The first kappa shape index (κ1) is 15.7. The van der Waals surface area contributed by atoms with E-state index in [1.165, 1.54) is 25.3 Å². The highest BCUT2D eigenvalue weighted by Gasteiger charge is 2.16. The highest BCUT2D eigenvalue weighted by atomic mass is 79.9. The Hall–Kier alpha value is -1.69. The third-order valence-corrected chi connectivity index (χ3v) is 3.90. The predicted molar refractivity (Wildman–Crippen MR) is 76.8 cm³/mol. The van der Waals surface area contributed by atoms with E-state index in [2.05, 4.69) is 20.7 Å². The zero-order valence-corrected chi connectivity index (χ0v) is 12.6. The average Bonchev–Trinajstić information content (AvgIpc) is 2.46. The van der Waals surface area contributed by atoms with Gasteiger partial charge in [0.2, 0.25) is 0 Å². The van der Waals surface area contributed by atoms with Gasteiger partial charge in [-0.05, 0) is 23.8 Å². The van der Waals surface area contributed by atoms with E-state index in [0.717, 1.165) is 5.56 Å². The molecule has 0 aromatic heterocycles. The van der Waals surface area contributed by atoms with Crippen LogP contribution in [0.4, 0.5) is 13.2 Å². The molecule has 1 unspecified atom stereocenters. The van der Waals surface area contributed by atoms with Gasteiger partial charge in [0, 0.05) is 11.6 Å². The molecule has 21 heavy (non-hydrogen) atoms. The van der Waals surface area contributed by atoms with Crippen LogP contribution in [0.3, 0.4) is 0 Å². The zero-order chi connectivity index (χ0) is 15.4. The fraction of sp³-hybridized carbons (Fsp3) is 0.200. The van der Waals surface area contributed by atoms with Crippen LogP contribution >= 0.6 is 15.9 Å². The SMILES string of the molecule is COc1ccc(C(Br)c2ccc(OC(F)F)cc2)c(F)c1. The number of rotatable bonds is 5. The van der Waals surface area contributed by atoms with E-state index in [0.29, 0.717) is 11.3 Å². The molecule has 2 rings (SSSR count). The molecule has 0 bridgehead atoms. The summed E-state index contributed by atoms with van der Waals surface area (Å²) in [5.74, 6) is 0.0735.